The minimum Gasteiger partial charge on any atom is -0.314 e. The Hall–Kier alpha value is -1.28. The van der Waals surface area contributed by atoms with Gasteiger partial charge in [0.1, 0.15) is 0 Å². The lowest BCUT2D eigenvalue weighted by molar-refractivity contribution is -0.143. The Morgan fingerprint density at radius 1 is 0.958 bits per heavy atom. The van der Waals surface area contributed by atoms with Crippen LogP contribution in [0.1, 0.15) is 42.5 Å². The van der Waals surface area contributed by atoms with Crippen molar-refractivity contribution < 1.29 is 26.3 Å². The maximum absolute atomic E-state index is 13.0. The Kier molecular flexibility index (Phi) is 5.80. The van der Waals surface area contributed by atoms with Crippen molar-refractivity contribution in [2.75, 3.05) is 26.2 Å². The van der Waals surface area contributed by atoms with Crippen molar-refractivity contribution >= 4 is 0 Å². The van der Waals surface area contributed by atoms with Crippen LogP contribution >= 0.6 is 0 Å². The van der Waals surface area contributed by atoms with Crippen LogP contribution in [0.2, 0.25) is 0 Å². The predicted molar refractivity (Wildman–Crippen MR) is 78.5 cm³/mol. The van der Waals surface area contributed by atoms with Crippen LogP contribution in [0.15, 0.2) is 18.2 Å². The zero-order chi connectivity index (χ0) is 18.0. The van der Waals surface area contributed by atoms with Gasteiger partial charge in [0.2, 0.25) is 0 Å². The fraction of sp³-hybridized carbons (Fsp3) is 0.625. The first-order valence-electron chi connectivity index (χ1n) is 7.87. The summed E-state index contributed by atoms with van der Waals surface area (Å²) in [6, 6.07) is 1.46. The van der Waals surface area contributed by atoms with E-state index in [2.05, 4.69) is 5.32 Å². The van der Waals surface area contributed by atoms with Gasteiger partial charge >= 0.3 is 12.4 Å². The van der Waals surface area contributed by atoms with E-state index in [0.29, 0.717) is 39.0 Å². The quantitative estimate of drug-likeness (QED) is 0.803. The second-order valence-electron chi connectivity index (χ2n) is 5.93. The zero-order valence-electron chi connectivity index (χ0n) is 13.3. The Labute approximate surface area is 136 Å². The van der Waals surface area contributed by atoms with E-state index in [-0.39, 0.29) is 11.6 Å². The summed E-state index contributed by atoms with van der Waals surface area (Å²) in [4.78, 5) is 1.95. The Morgan fingerprint density at radius 2 is 1.46 bits per heavy atom. The first-order chi connectivity index (χ1) is 11.1. The fourth-order valence-corrected chi connectivity index (χ4v) is 3.00. The Morgan fingerprint density at radius 3 is 1.88 bits per heavy atom. The van der Waals surface area contributed by atoms with Gasteiger partial charge < -0.3 is 5.32 Å². The topological polar surface area (TPSA) is 15.3 Å². The molecule has 136 valence electrons. The average molecular weight is 354 g/mol. The third-order valence-corrected chi connectivity index (χ3v) is 4.15. The highest BCUT2D eigenvalue weighted by Crippen LogP contribution is 2.39. The van der Waals surface area contributed by atoms with Gasteiger partial charge in [-0.05, 0) is 30.2 Å². The lowest BCUT2D eigenvalue weighted by Gasteiger charge is -2.35. The van der Waals surface area contributed by atoms with Crippen LogP contribution in [0.25, 0.3) is 0 Å². The van der Waals surface area contributed by atoms with Crippen molar-refractivity contribution in [1.82, 2.24) is 10.2 Å². The molecule has 1 fully saturated rings. The van der Waals surface area contributed by atoms with Gasteiger partial charge in [-0.1, -0.05) is 13.3 Å². The van der Waals surface area contributed by atoms with Gasteiger partial charge in [-0.2, -0.15) is 26.3 Å². The number of piperazine rings is 1. The number of alkyl halides is 6. The minimum absolute atomic E-state index is 0.0842. The number of nitrogens with one attached hydrogen (secondary N) is 1. The van der Waals surface area contributed by atoms with Crippen molar-refractivity contribution in [3.05, 3.63) is 34.9 Å². The van der Waals surface area contributed by atoms with E-state index < -0.39 is 29.5 Å². The lowest BCUT2D eigenvalue weighted by atomic mass is 9.95. The number of halogens is 6. The Bertz CT molecular complexity index is 514. The summed E-state index contributed by atoms with van der Waals surface area (Å²) in [5.74, 6) is 0. The molecule has 0 bridgehead atoms. The van der Waals surface area contributed by atoms with E-state index in [1.54, 1.807) is 0 Å². The van der Waals surface area contributed by atoms with Gasteiger partial charge in [-0.3, -0.25) is 4.90 Å². The molecule has 8 heteroatoms. The third kappa shape index (κ3) is 4.63. The molecule has 1 aromatic rings. The van der Waals surface area contributed by atoms with Gasteiger partial charge in [0, 0.05) is 32.2 Å². The molecular weight excluding hydrogens is 334 g/mol. The van der Waals surface area contributed by atoms with Crippen molar-refractivity contribution in [1.29, 1.82) is 0 Å². The molecule has 0 aromatic heterocycles. The molecule has 1 N–H and O–H groups in total. The van der Waals surface area contributed by atoms with E-state index in [4.69, 9.17) is 0 Å². The highest BCUT2D eigenvalue weighted by molar-refractivity contribution is 5.35. The van der Waals surface area contributed by atoms with Crippen molar-refractivity contribution in [3.8, 4) is 0 Å². The standard InChI is InChI=1S/C16H20F6N2/c1-2-3-14(24-6-4-23-5-7-24)11-8-12(15(17,18)19)10-13(9-11)16(20,21)22/h8-10,14,23H,2-7H2,1H3/t14-/m1/s1. The summed E-state index contributed by atoms with van der Waals surface area (Å²) in [7, 11) is 0. The zero-order valence-corrected chi connectivity index (χ0v) is 13.3. The number of hydrogen-bond donors (Lipinski definition) is 1. The second kappa shape index (κ2) is 7.31. The van der Waals surface area contributed by atoms with Crippen LogP contribution in [0, 0.1) is 0 Å². The molecular formula is C16H20F6N2. The van der Waals surface area contributed by atoms with Gasteiger partial charge in [0.05, 0.1) is 11.1 Å². The smallest absolute Gasteiger partial charge is 0.314 e. The van der Waals surface area contributed by atoms with E-state index >= 15 is 0 Å². The Balaban J connectivity index is 2.48. The van der Waals surface area contributed by atoms with Gasteiger partial charge in [0.25, 0.3) is 0 Å². The van der Waals surface area contributed by atoms with E-state index in [1.807, 2.05) is 11.8 Å². The van der Waals surface area contributed by atoms with Gasteiger partial charge in [0.15, 0.2) is 0 Å². The normalized spacial score (nSPS) is 18.6. The number of hydrogen-bond acceptors (Lipinski definition) is 2. The lowest BCUT2D eigenvalue weighted by Crippen LogP contribution is -2.45. The molecule has 0 aliphatic carbocycles. The highest BCUT2D eigenvalue weighted by atomic mass is 19.4. The molecule has 0 amide bonds. The van der Waals surface area contributed by atoms with E-state index in [1.165, 1.54) is 0 Å². The molecule has 1 aliphatic heterocycles. The first-order valence-corrected chi connectivity index (χ1v) is 7.87. The SMILES string of the molecule is CCC[C@H](c1cc(C(F)(F)F)cc(C(F)(F)F)c1)N1CCNCC1. The number of nitrogens with zero attached hydrogens (tertiary/aromatic N) is 1. The molecule has 24 heavy (non-hydrogen) atoms. The van der Waals surface area contributed by atoms with Gasteiger partial charge in [-0.25, -0.2) is 0 Å². The second-order valence-corrected chi connectivity index (χ2v) is 5.93. The molecule has 0 unspecified atom stereocenters. The molecule has 1 heterocycles. The van der Waals surface area contributed by atoms with Gasteiger partial charge in [-0.15, -0.1) is 0 Å². The molecule has 2 nitrogen and oxygen atoms in total. The minimum atomic E-state index is -4.81. The van der Waals surface area contributed by atoms with Crippen LogP contribution < -0.4 is 5.32 Å². The van der Waals surface area contributed by atoms with E-state index in [0.717, 1.165) is 12.1 Å². The molecule has 1 aliphatic rings. The van der Waals surface area contributed by atoms with Crippen molar-refractivity contribution in [2.45, 2.75) is 38.2 Å². The third-order valence-electron chi connectivity index (χ3n) is 4.15. The number of benzene rings is 1. The molecule has 1 aromatic carbocycles. The van der Waals surface area contributed by atoms with Crippen LogP contribution in [0.3, 0.4) is 0 Å². The predicted octanol–water partition coefficient (Wildman–Crippen LogP) is 4.47. The maximum Gasteiger partial charge on any atom is 0.416 e. The monoisotopic (exact) mass is 354 g/mol. The van der Waals surface area contributed by atoms with Crippen LogP contribution in [-0.2, 0) is 12.4 Å². The number of rotatable bonds is 4. The van der Waals surface area contributed by atoms with Crippen molar-refractivity contribution in [2.24, 2.45) is 0 Å². The summed E-state index contributed by atoms with van der Waals surface area (Å²) in [5.41, 5.74) is -2.41. The van der Waals surface area contributed by atoms with E-state index in [9.17, 15) is 26.3 Å². The maximum atomic E-state index is 13.0. The molecule has 1 atom stereocenters. The summed E-state index contributed by atoms with van der Waals surface area (Å²) in [5, 5.41) is 3.13. The van der Waals surface area contributed by atoms with Crippen molar-refractivity contribution in [3.63, 3.8) is 0 Å². The highest BCUT2D eigenvalue weighted by Gasteiger charge is 2.38. The first kappa shape index (κ1) is 19.1. The van der Waals surface area contributed by atoms with Crippen LogP contribution in [0.5, 0.6) is 0 Å². The molecule has 0 radical (unpaired) electrons. The molecule has 0 spiro atoms. The summed E-state index contributed by atoms with van der Waals surface area (Å²) in [6.07, 6.45) is -8.43. The average Bonchev–Trinajstić information content (AvgIpc) is 2.51. The summed E-state index contributed by atoms with van der Waals surface area (Å²) < 4.78 is 78.2. The fourth-order valence-electron chi connectivity index (χ4n) is 3.00. The largest absolute Gasteiger partial charge is 0.416 e. The van der Waals surface area contributed by atoms with Crippen LogP contribution in [-0.4, -0.2) is 31.1 Å². The summed E-state index contributed by atoms with van der Waals surface area (Å²) in [6.45, 7) is 4.41. The van der Waals surface area contributed by atoms with Crippen LogP contribution in [0.4, 0.5) is 26.3 Å². The summed E-state index contributed by atoms with van der Waals surface area (Å²) >= 11 is 0. The molecule has 0 saturated carbocycles. The molecule has 1 saturated heterocycles. The molecule has 2 rings (SSSR count).